The van der Waals surface area contributed by atoms with Crippen molar-refractivity contribution in [3.8, 4) is 6.07 Å². The summed E-state index contributed by atoms with van der Waals surface area (Å²) in [4.78, 5) is 13.6. The Kier molecular flexibility index (Phi) is 5.70. The standard InChI is InChI=1S/C18H18N2O2/c1-22-18(21)14-20(12-16-5-3-2-4-6-16)13-17-9-7-15(11-19)8-10-17/h2-10H,12-14H2,1H3. The van der Waals surface area contributed by atoms with Crippen LogP contribution in [-0.4, -0.2) is 24.5 Å². The van der Waals surface area contributed by atoms with Gasteiger partial charge < -0.3 is 4.74 Å². The van der Waals surface area contributed by atoms with Crippen molar-refractivity contribution in [1.29, 1.82) is 5.26 Å². The summed E-state index contributed by atoms with van der Waals surface area (Å²) in [6.07, 6.45) is 0. The molecular formula is C18H18N2O2. The molecule has 112 valence electrons. The van der Waals surface area contributed by atoms with Crippen molar-refractivity contribution in [3.63, 3.8) is 0 Å². The van der Waals surface area contributed by atoms with E-state index in [9.17, 15) is 4.79 Å². The molecule has 4 heteroatoms. The van der Waals surface area contributed by atoms with Crippen molar-refractivity contribution in [2.45, 2.75) is 13.1 Å². The van der Waals surface area contributed by atoms with Gasteiger partial charge in [0.05, 0.1) is 25.3 Å². The van der Waals surface area contributed by atoms with Gasteiger partial charge in [0.1, 0.15) is 0 Å². The van der Waals surface area contributed by atoms with Gasteiger partial charge in [-0.3, -0.25) is 9.69 Å². The van der Waals surface area contributed by atoms with E-state index in [-0.39, 0.29) is 12.5 Å². The van der Waals surface area contributed by atoms with Crippen LogP contribution in [0.4, 0.5) is 0 Å². The van der Waals surface area contributed by atoms with Crippen LogP contribution in [-0.2, 0) is 22.6 Å². The van der Waals surface area contributed by atoms with Gasteiger partial charge in [0, 0.05) is 13.1 Å². The first-order chi connectivity index (χ1) is 10.7. The maximum atomic E-state index is 11.6. The van der Waals surface area contributed by atoms with E-state index >= 15 is 0 Å². The van der Waals surface area contributed by atoms with Crippen LogP contribution in [0.1, 0.15) is 16.7 Å². The molecule has 0 unspecified atom stereocenters. The van der Waals surface area contributed by atoms with Gasteiger partial charge in [0.2, 0.25) is 0 Å². The van der Waals surface area contributed by atoms with Crippen molar-refractivity contribution in [3.05, 3.63) is 71.3 Å². The molecule has 0 atom stereocenters. The molecule has 4 nitrogen and oxygen atoms in total. The van der Waals surface area contributed by atoms with E-state index in [2.05, 4.69) is 6.07 Å². The minimum Gasteiger partial charge on any atom is -0.468 e. The molecule has 0 aliphatic rings. The fraction of sp³-hybridized carbons (Fsp3) is 0.222. The van der Waals surface area contributed by atoms with E-state index in [0.717, 1.165) is 11.1 Å². The van der Waals surface area contributed by atoms with Crippen LogP contribution in [0.2, 0.25) is 0 Å². The molecule has 2 aromatic rings. The van der Waals surface area contributed by atoms with E-state index in [1.165, 1.54) is 7.11 Å². The minimum atomic E-state index is -0.260. The summed E-state index contributed by atoms with van der Waals surface area (Å²) in [5, 5.41) is 8.83. The number of benzene rings is 2. The Morgan fingerprint density at radius 2 is 1.64 bits per heavy atom. The number of hydrogen-bond donors (Lipinski definition) is 0. The fourth-order valence-corrected chi connectivity index (χ4v) is 2.20. The number of ether oxygens (including phenoxy) is 1. The normalized spacial score (nSPS) is 10.2. The molecule has 2 rings (SSSR count). The monoisotopic (exact) mass is 294 g/mol. The highest BCUT2D eigenvalue weighted by molar-refractivity contribution is 5.71. The number of nitriles is 1. The quantitative estimate of drug-likeness (QED) is 0.769. The molecule has 0 saturated heterocycles. The van der Waals surface area contributed by atoms with Crippen LogP contribution in [0.25, 0.3) is 0 Å². The predicted molar refractivity (Wildman–Crippen MR) is 83.7 cm³/mol. The predicted octanol–water partition coefficient (Wildman–Crippen LogP) is 2.73. The average molecular weight is 294 g/mol. The van der Waals surface area contributed by atoms with Crippen LogP contribution in [0.15, 0.2) is 54.6 Å². The zero-order valence-corrected chi connectivity index (χ0v) is 12.5. The lowest BCUT2D eigenvalue weighted by atomic mass is 10.1. The van der Waals surface area contributed by atoms with Crippen molar-refractivity contribution < 1.29 is 9.53 Å². The maximum absolute atomic E-state index is 11.6. The van der Waals surface area contributed by atoms with Crippen LogP contribution in [0.5, 0.6) is 0 Å². The molecule has 0 radical (unpaired) electrons. The topological polar surface area (TPSA) is 53.3 Å². The van der Waals surface area contributed by atoms with Gasteiger partial charge in [-0.1, -0.05) is 42.5 Å². The highest BCUT2D eigenvalue weighted by Gasteiger charge is 2.12. The first-order valence-corrected chi connectivity index (χ1v) is 7.03. The summed E-state index contributed by atoms with van der Waals surface area (Å²) in [7, 11) is 1.39. The Morgan fingerprint density at radius 3 is 2.18 bits per heavy atom. The molecule has 0 fully saturated rings. The number of carbonyl (C=O) groups is 1. The first-order valence-electron chi connectivity index (χ1n) is 7.03. The molecule has 0 aliphatic heterocycles. The van der Waals surface area contributed by atoms with Crippen LogP contribution >= 0.6 is 0 Å². The number of nitrogens with zero attached hydrogens (tertiary/aromatic N) is 2. The Balaban J connectivity index is 2.09. The summed E-state index contributed by atoms with van der Waals surface area (Å²) in [5.41, 5.74) is 2.82. The van der Waals surface area contributed by atoms with Gasteiger partial charge in [0.25, 0.3) is 0 Å². The zero-order chi connectivity index (χ0) is 15.8. The first kappa shape index (κ1) is 15.7. The lowest BCUT2D eigenvalue weighted by Gasteiger charge is -2.21. The summed E-state index contributed by atoms with van der Waals surface area (Å²) >= 11 is 0. The van der Waals surface area contributed by atoms with Gasteiger partial charge in [0.15, 0.2) is 0 Å². The van der Waals surface area contributed by atoms with Crippen molar-refractivity contribution in [2.24, 2.45) is 0 Å². The number of rotatable bonds is 6. The Bertz CT molecular complexity index is 645. The number of esters is 1. The second-order valence-electron chi connectivity index (χ2n) is 5.02. The zero-order valence-electron chi connectivity index (χ0n) is 12.5. The SMILES string of the molecule is COC(=O)CN(Cc1ccccc1)Cc1ccc(C#N)cc1. The van der Waals surface area contributed by atoms with E-state index in [1.54, 1.807) is 12.1 Å². The van der Waals surface area contributed by atoms with Gasteiger partial charge in [-0.05, 0) is 23.3 Å². The molecule has 0 saturated carbocycles. The lowest BCUT2D eigenvalue weighted by Crippen LogP contribution is -2.29. The molecule has 0 spiro atoms. The van der Waals surface area contributed by atoms with E-state index in [1.807, 2.05) is 47.4 Å². The van der Waals surface area contributed by atoms with Crippen molar-refractivity contribution in [1.82, 2.24) is 4.90 Å². The summed E-state index contributed by atoms with van der Waals surface area (Å²) < 4.78 is 4.77. The molecule has 0 aromatic heterocycles. The van der Waals surface area contributed by atoms with Crippen molar-refractivity contribution in [2.75, 3.05) is 13.7 Å². The third-order valence-electron chi connectivity index (χ3n) is 3.32. The van der Waals surface area contributed by atoms with E-state index < -0.39 is 0 Å². The number of hydrogen-bond acceptors (Lipinski definition) is 4. The largest absolute Gasteiger partial charge is 0.468 e. The van der Waals surface area contributed by atoms with Gasteiger partial charge in [-0.25, -0.2) is 0 Å². The Labute approximate surface area is 130 Å². The second-order valence-corrected chi connectivity index (χ2v) is 5.02. The second kappa shape index (κ2) is 7.96. The summed E-state index contributed by atoms with van der Waals surface area (Å²) in [5.74, 6) is -0.260. The minimum absolute atomic E-state index is 0.228. The third kappa shape index (κ3) is 4.72. The highest BCUT2D eigenvalue weighted by Crippen LogP contribution is 2.11. The van der Waals surface area contributed by atoms with Gasteiger partial charge in [-0.15, -0.1) is 0 Å². The summed E-state index contributed by atoms with van der Waals surface area (Å²) in [6.45, 7) is 1.51. The van der Waals surface area contributed by atoms with E-state index in [4.69, 9.17) is 10.00 Å². The number of carbonyl (C=O) groups excluding carboxylic acids is 1. The fourth-order valence-electron chi connectivity index (χ4n) is 2.20. The average Bonchev–Trinajstić information content (AvgIpc) is 2.56. The molecule has 0 amide bonds. The molecular weight excluding hydrogens is 276 g/mol. The lowest BCUT2D eigenvalue weighted by molar-refractivity contribution is -0.142. The molecule has 0 heterocycles. The smallest absolute Gasteiger partial charge is 0.319 e. The van der Waals surface area contributed by atoms with Crippen LogP contribution < -0.4 is 0 Å². The van der Waals surface area contributed by atoms with Gasteiger partial charge in [-0.2, -0.15) is 5.26 Å². The van der Waals surface area contributed by atoms with E-state index in [0.29, 0.717) is 18.7 Å². The molecule has 0 aliphatic carbocycles. The third-order valence-corrected chi connectivity index (χ3v) is 3.32. The van der Waals surface area contributed by atoms with Crippen molar-refractivity contribution >= 4 is 5.97 Å². The number of methoxy groups -OCH3 is 1. The Morgan fingerprint density at radius 1 is 1.05 bits per heavy atom. The maximum Gasteiger partial charge on any atom is 0.319 e. The summed E-state index contributed by atoms with van der Waals surface area (Å²) in [6, 6.07) is 19.5. The van der Waals surface area contributed by atoms with Gasteiger partial charge >= 0.3 is 5.97 Å². The molecule has 0 N–H and O–H groups in total. The Hall–Kier alpha value is -2.64. The molecule has 22 heavy (non-hydrogen) atoms. The van der Waals surface area contributed by atoms with Crippen LogP contribution in [0, 0.1) is 11.3 Å². The molecule has 0 bridgehead atoms. The highest BCUT2D eigenvalue weighted by atomic mass is 16.5. The molecule has 2 aromatic carbocycles. The van der Waals surface area contributed by atoms with Crippen LogP contribution in [0.3, 0.4) is 0 Å².